The molecule has 0 spiro atoms. The summed E-state index contributed by atoms with van der Waals surface area (Å²) in [6, 6.07) is 0. The van der Waals surface area contributed by atoms with E-state index in [2.05, 4.69) is 0 Å². The summed E-state index contributed by atoms with van der Waals surface area (Å²) in [5.74, 6) is 0. The zero-order valence-corrected chi connectivity index (χ0v) is 6.58. The number of methoxy groups -OCH3 is 1. The second kappa shape index (κ2) is 5.65. The molecule has 0 rings (SSSR count). The summed E-state index contributed by atoms with van der Waals surface area (Å²) in [5.41, 5.74) is 0. The molecule has 0 aliphatic heterocycles. The minimum Gasteiger partial charge on any atom is -0.394 e. The van der Waals surface area contributed by atoms with Crippen LogP contribution in [0.15, 0.2) is 0 Å². The number of hydrogen-bond acceptors (Lipinski definition) is 3. The lowest BCUT2D eigenvalue weighted by atomic mass is 10.1. The van der Waals surface area contributed by atoms with Gasteiger partial charge in [0.05, 0.1) is 18.8 Å². The fourth-order valence-corrected chi connectivity index (χ4v) is 0.715. The van der Waals surface area contributed by atoms with Crippen LogP contribution in [0, 0.1) is 0 Å². The number of aliphatic hydroxyl groups excluding tert-OH is 2. The molecule has 0 fully saturated rings. The van der Waals surface area contributed by atoms with Gasteiger partial charge in [-0.05, 0) is 6.42 Å². The van der Waals surface area contributed by atoms with Gasteiger partial charge in [0, 0.05) is 13.5 Å². The second-order valence-corrected chi connectivity index (χ2v) is 2.34. The van der Waals surface area contributed by atoms with Gasteiger partial charge in [-0.15, -0.1) is 0 Å². The quantitative estimate of drug-likeness (QED) is 0.583. The lowest BCUT2D eigenvalue weighted by Crippen LogP contribution is -2.22. The third-order valence-electron chi connectivity index (χ3n) is 1.54. The molecule has 0 bridgehead atoms. The maximum absolute atomic E-state index is 9.10. The Morgan fingerprint density at radius 3 is 2.40 bits per heavy atom. The normalized spacial score (nSPS) is 16.8. The fourth-order valence-electron chi connectivity index (χ4n) is 0.715. The number of aliphatic hydroxyl groups is 2. The van der Waals surface area contributed by atoms with Crippen LogP contribution in [0.4, 0.5) is 0 Å². The molecule has 2 unspecified atom stereocenters. The molecule has 10 heavy (non-hydrogen) atoms. The molecule has 3 heteroatoms. The summed E-state index contributed by atoms with van der Waals surface area (Å²) in [6.45, 7) is 1.88. The summed E-state index contributed by atoms with van der Waals surface area (Å²) < 4.78 is 4.86. The van der Waals surface area contributed by atoms with E-state index in [0.29, 0.717) is 12.8 Å². The Bertz CT molecular complexity index is 71.3. The maximum Gasteiger partial charge on any atom is 0.0826 e. The highest BCUT2D eigenvalue weighted by atomic mass is 16.5. The van der Waals surface area contributed by atoms with E-state index in [1.54, 1.807) is 0 Å². The van der Waals surface area contributed by atoms with Crippen molar-refractivity contribution in [3.63, 3.8) is 0 Å². The van der Waals surface area contributed by atoms with Gasteiger partial charge < -0.3 is 14.9 Å². The number of ether oxygens (including phenoxy) is 1. The fraction of sp³-hybridized carbons (Fsp3) is 1.00. The van der Waals surface area contributed by atoms with E-state index in [-0.39, 0.29) is 18.8 Å². The van der Waals surface area contributed by atoms with Gasteiger partial charge in [-0.25, -0.2) is 0 Å². The Balaban J connectivity index is 3.41. The van der Waals surface area contributed by atoms with Crippen molar-refractivity contribution in [3.8, 4) is 0 Å². The Kier molecular flexibility index (Phi) is 5.58. The third-order valence-corrected chi connectivity index (χ3v) is 1.54. The van der Waals surface area contributed by atoms with Gasteiger partial charge in [-0.2, -0.15) is 0 Å². The Labute approximate surface area is 61.6 Å². The van der Waals surface area contributed by atoms with Crippen molar-refractivity contribution < 1.29 is 14.9 Å². The molecular weight excluding hydrogens is 132 g/mol. The van der Waals surface area contributed by atoms with Gasteiger partial charge >= 0.3 is 0 Å². The van der Waals surface area contributed by atoms with Crippen molar-refractivity contribution in [2.75, 3.05) is 13.7 Å². The van der Waals surface area contributed by atoms with Crippen LogP contribution in [-0.2, 0) is 4.74 Å². The van der Waals surface area contributed by atoms with Crippen LogP contribution in [0.2, 0.25) is 0 Å². The van der Waals surface area contributed by atoms with Gasteiger partial charge in [0.15, 0.2) is 0 Å². The van der Waals surface area contributed by atoms with Crippen molar-refractivity contribution in [1.82, 2.24) is 0 Å². The van der Waals surface area contributed by atoms with Gasteiger partial charge in [0.1, 0.15) is 0 Å². The van der Waals surface area contributed by atoms with E-state index in [1.165, 1.54) is 7.11 Å². The first-order valence-electron chi connectivity index (χ1n) is 3.56. The molecule has 2 N–H and O–H groups in total. The first kappa shape index (κ1) is 9.88. The number of hydrogen-bond donors (Lipinski definition) is 2. The van der Waals surface area contributed by atoms with Crippen LogP contribution in [0.1, 0.15) is 19.8 Å². The van der Waals surface area contributed by atoms with E-state index < -0.39 is 0 Å². The average Bonchev–Trinajstić information content (AvgIpc) is 1.99. The van der Waals surface area contributed by atoms with E-state index in [4.69, 9.17) is 14.9 Å². The molecule has 3 nitrogen and oxygen atoms in total. The molecule has 62 valence electrons. The van der Waals surface area contributed by atoms with Crippen LogP contribution in [0.25, 0.3) is 0 Å². The summed E-state index contributed by atoms with van der Waals surface area (Å²) in [6.07, 6.45) is 0.663. The molecule has 0 heterocycles. The van der Waals surface area contributed by atoms with Crippen LogP contribution in [0.3, 0.4) is 0 Å². The van der Waals surface area contributed by atoms with Crippen molar-refractivity contribution in [2.45, 2.75) is 32.0 Å². The van der Waals surface area contributed by atoms with E-state index in [0.717, 1.165) is 0 Å². The van der Waals surface area contributed by atoms with Gasteiger partial charge in [0.25, 0.3) is 0 Å². The summed E-state index contributed by atoms with van der Waals surface area (Å²) in [5, 5.41) is 17.7. The minimum absolute atomic E-state index is 0.0203. The zero-order valence-electron chi connectivity index (χ0n) is 6.58. The highest BCUT2D eigenvalue weighted by Gasteiger charge is 2.10. The van der Waals surface area contributed by atoms with E-state index in [1.807, 2.05) is 6.92 Å². The van der Waals surface area contributed by atoms with Crippen molar-refractivity contribution >= 4 is 0 Å². The van der Waals surface area contributed by atoms with Crippen LogP contribution < -0.4 is 0 Å². The smallest absolute Gasteiger partial charge is 0.0826 e. The third kappa shape index (κ3) is 3.82. The van der Waals surface area contributed by atoms with Crippen molar-refractivity contribution in [2.24, 2.45) is 0 Å². The highest BCUT2D eigenvalue weighted by molar-refractivity contribution is 4.61. The zero-order chi connectivity index (χ0) is 7.98. The molecule has 0 aromatic heterocycles. The molecule has 0 aliphatic rings. The number of rotatable bonds is 5. The molecule has 0 aromatic carbocycles. The standard InChI is InChI=1S/C7H16O3/c1-3-6(9)4-7(5-8)10-2/h6-9H,3-5H2,1-2H3. The second-order valence-electron chi connectivity index (χ2n) is 2.34. The van der Waals surface area contributed by atoms with E-state index in [9.17, 15) is 0 Å². The predicted molar refractivity (Wildman–Crippen MR) is 38.8 cm³/mol. The van der Waals surface area contributed by atoms with Crippen LogP contribution >= 0.6 is 0 Å². The molecule has 0 saturated heterocycles. The maximum atomic E-state index is 9.10. The lowest BCUT2D eigenvalue weighted by Gasteiger charge is -2.14. The Morgan fingerprint density at radius 2 is 2.10 bits per heavy atom. The van der Waals surface area contributed by atoms with Gasteiger partial charge in [-0.1, -0.05) is 6.92 Å². The van der Waals surface area contributed by atoms with Gasteiger partial charge in [-0.3, -0.25) is 0 Å². The van der Waals surface area contributed by atoms with Crippen molar-refractivity contribution in [3.05, 3.63) is 0 Å². The Morgan fingerprint density at radius 1 is 1.50 bits per heavy atom. The minimum atomic E-state index is -0.350. The largest absolute Gasteiger partial charge is 0.394 e. The van der Waals surface area contributed by atoms with Crippen LogP contribution in [-0.4, -0.2) is 36.1 Å². The molecule has 0 saturated carbocycles. The summed E-state index contributed by atoms with van der Waals surface area (Å²) in [4.78, 5) is 0. The van der Waals surface area contributed by atoms with Crippen molar-refractivity contribution in [1.29, 1.82) is 0 Å². The first-order chi connectivity index (χ1) is 4.74. The highest BCUT2D eigenvalue weighted by Crippen LogP contribution is 2.03. The SMILES string of the molecule is CCC(O)CC(CO)OC. The molecule has 0 aliphatic carbocycles. The summed E-state index contributed by atoms with van der Waals surface area (Å²) >= 11 is 0. The van der Waals surface area contributed by atoms with Gasteiger partial charge in [0.2, 0.25) is 0 Å². The van der Waals surface area contributed by atoms with Crippen LogP contribution in [0.5, 0.6) is 0 Å². The predicted octanol–water partition coefficient (Wildman–Crippen LogP) is 0.155. The topological polar surface area (TPSA) is 49.7 Å². The monoisotopic (exact) mass is 148 g/mol. The molecular formula is C7H16O3. The van der Waals surface area contributed by atoms with E-state index >= 15 is 0 Å². The average molecular weight is 148 g/mol. The first-order valence-corrected chi connectivity index (χ1v) is 3.56. The molecule has 0 amide bonds. The molecule has 2 atom stereocenters. The molecule has 0 radical (unpaired) electrons. The molecule has 0 aromatic rings. The summed E-state index contributed by atoms with van der Waals surface area (Å²) in [7, 11) is 1.53. The Hall–Kier alpha value is -0.120. The lowest BCUT2D eigenvalue weighted by molar-refractivity contribution is 0.00905.